The summed E-state index contributed by atoms with van der Waals surface area (Å²) in [7, 11) is -3.91. The van der Waals surface area contributed by atoms with E-state index in [1.807, 2.05) is 30.3 Å². The van der Waals surface area contributed by atoms with E-state index in [-0.39, 0.29) is 31.1 Å². The Morgan fingerprint density at radius 3 is 2.44 bits per heavy atom. The summed E-state index contributed by atoms with van der Waals surface area (Å²) in [6.45, 7) is 1.07. The van der Waals surface area contributed by atoms with Gasteiger partial charge in [0.25, 0.3) is 0 Å². The Morgan fingerprint density at radius 2 is 1.66 bits per heavy atom. The number of amides is 2. The Morgan fingerprint density at radius 1 is 0.938 bits per heavy atom. The van der Waals surface area contributed by atoms with Crippen LogP contribution in [0, 0.1) is 0 Å². The number of benzene rings is 2. The molecule has 0 unspecified atom stereocenters. The summed E-state index contributed by atoms with van der Waals surface area (Å²) in [4.78, 5) is 24.2. The van der Waals surface area contributed by atoms with Crippen molar-refractivity contribution in [3.05, 3.63) is 54.1 Å². The van der Waals surface area contributed by atoms with Crippen LogP contribution in [0.5, 0.6) is 11.5 Å². The molecule has 4 rings (SSSR count). The lowest BCUT2D eigenvalue weighted by Crippen LogP contribution is -2.47. The van der Waals surface area contributed by atoms with Crippen LogP contribution in [0.2, 0.25) is 0 Å². The second-order valence-corrected chi connectivity index (χ2v) is 9.02. The summed E-state index contributed by atoms with van der Waals surface area (Å²) in [6.07, 6.45) is -0.931. The summed E-state index contributed by atoms with van der Waals surface area (Å²) in [5.41, 5.74) is 0.851. The molecular formula is C21H23N3O7S. The Labute approximate surface area is 185 Å². The number of sulfonamides is 1. The van der Waals surface area contributed by atoms with Gasteiger partial charge >= 0.3 is 11.8 Å². The van der Waals surface area contributed by atoms with Crippen molar-refractivity contribution in [3.8, 4) is 11.5 Å². The molecule has 2 N–H and O–H groups in total. The third-order valence-electron chi connectivity index (χ3n) is 5.00. The number of fused-ring (bicyclic) bond motifs is 1. The van der Waals surface area contributed by atoms with E-state index < -0.39 is 28.1 Å². The molecule has 0 radical (unpaired) electrons. The van der Waals surface area contributed by atoms with Gasteiger partial charge in [0.2, 0.25) is 10.0 Å². The first kappa shape index (κ1) is 22.1. The van der Waals surface area contributed by atoms with Crippen LogP contribution in [0.1, 0.15) is 5.56 Å². The van der Waals surface area contributed by atoms with E-state index in [9.17, 15) is 18.0 Å². The fourth-order valence-corrected chi connectivity index (χ4v) is 4.91. The zero-order valence-corrected chi connectivity index (χ0v) is 18.0. The maximum Gasteiger partial charge on any atom is 0.309 e. The van der Waals surface area contributed by atoms with Gasteiger partial charge in [-0.05, 0) is 17.7 Å². The molecule has 2 aromatic carbocycles. The number of nitrogens with zero attached hydrogens (tertiary/aromatic N) is 1. The van der Waals surface area contributed by atoms with E-state index in [2.05, 4.69) is 10.6 Å². The number of ether oxygens (including phenoxy) is 3. The Hall–Kier alpha value is -3.15. The topological polar surface area (TPSA) is 123 Å². The molecule has 2 aliphatic rings. The summed E-state index contributed by atoms with van der Waals surface area (Å²) in [6, 6.07) is 13.6. The molecular weight excluding hydrogens is 438 g/mol. The second-order valence-electron chi connectivity index (χ2n) is 7.12. The predicted molar refractivity (Wildman–Crippen MR) is 112 cm³/mol. The normalized spacial score (nSPS) is 18.2. The average molecular weight is 461 g/mol. The fraction of sp³-hybridized carbons (Fsp3) is 0.333. The zero-order chi connectivity index (χ0) is 22.6. The van der Waals surface area contributed by atoms with Crippen LogP contribution in [0.3, 0.4) is 0 Å². The van der Waals surface area contributed by atoms with E-state index in [1.54, 1.807) is 6.07 Å². The predicted octanol–water partition coefficient (Wildman–Crippen LogP) is 0.237. The largest absolute Gasteiger partial charge is 0.486 e. The summed E-state index contributed by atoms with van der Waals surface area (Å²) in [5, 5.41) is 4.96. The number of hydrogen-bond acceptors (Lipinski definition) is 7. The van der Waals surface area contributed by atoms with E-state index in [4.69, 9.17) is 14.2 Å². The minimum absolute atomic E-state index is 0.0316. The quantitative estimate of drug-likeness (QED) is 0.591. The highest BCUT2D eigenvalue weighted by atomic mass is 32.2. The molecule has 2 aliphatic heterocycles. The number of carbonyl (C=O) groups is 2. The number of hydrogen-bond donors (Lipinski definition) is 2. The van der Waals surface area contributed by atoms with Crippen LogP contribution in [0.15, 0.2) is 53.4 Å². The van der Waals surface area contributed by atoms with Crippen LogP contribution in [0.25, 0.3) is 0 Å². The molecule has 170 valence electrons. The lowest BCUT2D eigenvalue weighted by Gasteiger charge is -2.24. The fourth-order valence-electron chi connectivity index (χ4n) is 3.38. The molecule has 1 atom stereocenters. The first-order valence-corrected chi connectivity index (χ1v) is 11.5. The van der Waals surface area contributed by atoms with Crippen molar-refractivity contribution in [1.82, 2.24) is 14.9 Å². The molecule has 1 saturated heterocycles. The highest BCUT2D eigenvalue weighted by molar-refractivity contribution is 7.89. The van der Waals surface area contributed by atoms with Crippen molar-refractivity contribution in [2.24, 2.45) is 0 Å². The molecule has 32 heavy (non-hydrogen) atoms. The van der Waals surface area contributed by atoms with Gasteiger partial charge in [0.1, 0.15) is 19.4 Å². The van der Waals surface area contributed by atoms with Gasteiger partial charge in [-0.15, -0.1) is 0 Å². The maximum absolute atomic E-state index is 13.1. The third-order valence-corrected chi connectivity index (χ3v) is 6.89. The molecule has 2 heterocycles. The van der Waals surface area contributed by atoms with Gasteiger partial charge < -0.3 is 24.8 Å². The van der Waals surface area contributed by atoms with E-state index in [1.165, 1.54) is 12.1 Å². The summed E-state index contributed by atoms with van der Waals surface area (Å²) >= 11 is 0. The van der Waals surface area contributed by atoms with Crippen molar-refractivity contribution in [2.45, 2.75) is 17.7 Å². The molecule has 10 nitrogen and oxygen atoms in total. The van der Waals surface area contributed by atoms with Crippen LogP contribution in [-0.2, 0) is 30.9 Å². The minimum atomic E-state index is -3.91. The van der Waals surface area contributed by atoms with Crippen LogP contribution in [-0.4, -0.2) is 63.7 Å². The van der Waals surface area contributed by atoms with E-state index in [0.29, 0.717) is 24.7 Å². The Kier molecular flexibility index (Phi) is 6.58. The molecule has 0 aliphatic carbocycles. The molecule has 2 amide bonds. The molecule has 0 saturated carbocycles. The van der Waals surface area contributed by atoms with E-state index in [0.717, 1.165) is 9.87 Å². The van der Waals surface area contributed by atoms with Crippen LogP contribution >= 0.6 is 0 Å². The number of nitrogens with one attached hydrogen (secondary N) is 2. The van der Waals surface area contributed by atoms with E-state index >= 15 is 0 Å². The van der Waals surface area contributed by atoms with Crippen molar-refractivity contribution in [2.75, 3.05) is 32.9 Å². The van der Waals surface area contributed by atoms with Crippen molar-refractivity contribution in [1.29, 1.82) is 0 Å². The summed E-state index contributed by atoms with van der Waals surface area (Å²) < 4.78 is 43.8. The Bertz CT molecular complexity index is 1090. The molecule has 0 bridgehead atoms. The molecule has 0 aromatic heterocycles. The third kappa shape index (κ3) is 4.85. The molecule has 11 heteroatoms. The monoisotopic (exact) mass is 461 g/mol. The SMILES string of the molecule is O=C(NCc1ccccc1)C(=O)NC[C@@H]1OCCN1S(=O)(=O)c1ccc2c(c1)OCCO2. The van der Waals surface area contributed by atoms with Gasteiger partial charge in [-0.1, -0.05) is 30.3 Å². The first-order chi connectivity index (χ1) is 15.4. The Balaban J connectivity index is 1.36. The average Bonchev–Trinajstić information content (AvgIpc) is 3.31. The zero-order valence-electron chi connectivity index (χ0n) is 17.2. The number of carbonyl (C=O) groups excluding carboxylic acids is 2. The van der Waals surface area contributed by atoms with Crippen molar-refractivity contribution < 1.29 is 32.2 Å². The molecule has 0 spiro atoms. The minimum Gasteiger partial charge on any atom is -0.486 e. The smallest absolute Gasteiger partial charge is 0.309 e. The first-order valence-electron chi connectivity index (χ1n) is 10.1. The van der Waals surface area contributed by atoms with Gasteiger partial charge in [-0.3, -0.25) is 9.59 Å². The van der Waals surface area contributed by atoms with Gasteiger partial charge in [0, 0.05) is 19.2 Å². The highest BCUT2D eigenvalue weighted by Crippen LogP contribution is 2.34. The standard InChI is InChI=1S/C21H23N3O7S/c25-20(22-13-15-4-2-1-3-5-15)21(26)23-14-19-24(8-9-31-19)32(27,28)16-6-7-17-18(12-16)30-11-10-29-17/h1-7,12,19H,8-11,13-14H2,(H,22,25)(H,23,26)/t19-/m0/s1. The van der Waals surface area contributed by atoms with Crippen molar-refractivity contribution in [3.63, 3.8) is 0 Å². The number of rotatable bonds is 6. The van der Waals surface area contributed by atoms with Crippen LogP contribution in [0.4, 0.5) is 0 Å². The second kappa shape index (κ2) is 9.55. The summed E-state index contributed by atoms with van der Waals surface area (Å²) in [5.74, 6) is -0.836. The van der Waals surface area contributed by atoms with Gasteiger partial charge in [-0.25, -0.2) is 8.42 Å². The molecule has 1 fully saturated rings. The molecule has 2 aromatic rings. The lowest BCUT2D eigenvalue weighted by atomic mass is 10.2. The van der Waals surface area contributed by atoms with Crippen LogP contribution < -0.4 is 20.1 Å². The van der Waals surface area contributed by atoms with Gasteiger partial charge in [0.05, 0.1) is 18.0 Å². The maximum atomic E-state index is 13.1. The van der Waals surface area contributed by atoms with Gasteiger partial charge in [-0.2, -0.15) is 4.31 Å². The van der Waals surface area contributed by atoms with Crippen molar-refractivity contribution >= 4 is 21.8 Å². The lowest BCUT2D eigenvalue weighted by molar-refractivity contribution is -0.139. The van der Waals surface area contributed by atoms with Gasteiger partial charge in [0.15, 0.2) is 11.5 Å². The highest BCUT2D eigenvalue weighted by Gasteiger charge is 2.37.